The van der Waals surface area contributed by atoms with Crippen molar-refractivity contribution < 1.29 is 9.59 Å². The molecule has 0 saturated carbocycles. The van der Waals surface area contributed by atoms with Crippen LogP contribution in [0.4, 0.5) is 5.69 Å². The van der Waals surface area contributed by atoms with E-state index in [1.807, 2.05) is 60.7 Å². The Kier molecular flexibility index (Phi) is 2.88. The van der Waals surface area contributed by atoms with Crippen molar-refractivity contribution in [2.75, 3.05) is 4.90 Å². The smallest absolute Gasteiger partial charge is 0.295 e. The molecule has 1 atom stereocenters. The number of anilines is 1. The van der Waals surface area contributed by atoms with Crippen LogP contribution in [0.3, 0.4) is 0 Å². The average Bonchev–Trinajstić information content (AvgIpc) is 2.77. The van der Waals surface area contributed by atoms with E-state index in [9.17, 15) is 9.59 Å². The number of ketones is 1. The van der Waals surface area contributed by atoms with Gasteiger partial charge in [-0.05, 0) is 17.7 Å². The molecule has 1 aliphatic heterocycles. The van der Waals surface area contributed by atoms with Crippen molar-refractivity contribution in [3.8, 4) is 0 Å². The SMILES string of the molecule is O=C1C[C@H](c2ccccc2)N(c2ccccc2)C1=O. The maximum Gasteiger partial charge on any atom is 0.295 e. The molecule has 0 aliphatic carbocycles. The zero-order valence-corrected chi connectivity index (χ0v) is 10.3. The van der Waals surface area contributed by atoms with E-state index in [0.717, 1.165) is 11.3 Å². The van der Waals surface area contributed by atoms with Crippen molar-refractivity contribution in [3.63, 3.8) is 0 Å². The highest BCUT2D eigenvalue weighted by molar-refractivity contribution is 6.44. The van der Waals surface area contributed by atoms with E-state index in [-0.39, 0.29) is 18.2 Å². The fourth-order valence-corrected chi connectivity index (χ4v) is 2.46. The van der Waals surface area contributed by atoms with Gasteiger partial charge in [0.1, 0.15) is 0 Å². The summed E-state index contributed by atoms with van der Waals surface area (Å²) in [6.07, 6.45) is 0.248. The van der Waals surface area contributed by atoms with Crippen LogP contribution in [-0.2, 0) is 9.59 Å². The molecule has 0 spiro atoms. The van der Waals surface area contributed by atoms with Crippen LogP contribution in [0.15, 0.2) is 60.7 Å². The van der Waals surface area contributed by atoms with Gasteiger partial charge in [0.15, 0.2) is 0 Å². The number of nitrogens with zero attached hydrogens (tertiary/aromatic N) is 1. The average molecular weight is 251 g/mol. The molecule has 3 heteroatoms. The first kappa shape index (κ1) is 11.7. The summed E-state index contributed by atoms with van der Waals surface area (Å²) in [6.45, 7) is 0. The summed E-state index contributed by atoms with van der Waals surface area (Å²) in [7, 11) is 0. The van der Waals surface area contributed by atoms with Crippen LogP contribution in [0.25, 0.3) is 0 Å². The molecular formula is C16H13NO2. The van der Waals surface area contributed by atoms with Crippen molar-refractivity contribution in [1.82, 2.24) is 0 Å². The Morgan fingerprint density at radius 1 is 0.842 bits per heavy atom. The molecule has 1 fully saturated rings. The first-order chi connectivity index (χ1) is 9.27. The summed E-state index contributed by atoms with van der Waals surface area (Å²) in [5.41, 5.74) is 1.76. The Bertz CT molecular complexity index is 607. The molecule has 0 unspecified atom stereocenters. The van der Waals surface area contributed by atoms with Crippen LogP contribution in [0, 0.1) is 0 Å². The minimum absolute atomic E-state index is 0.191. The zero-order valence-electron chi connectivity index (χ0n) is 10.3. The molecule has 3 nitrogen and oxygen atoms in total. The van der Waals surface area contributed by atoms with Gasteiger partial charge in [-0.3, -0.25) is 14.5 Å². The number of hydrogen-bond acceptors (Lipinski definition) is 2. The van der Waals surface area contributed by atoms with Gasteiger partial charge in [-0.2, -0.15) is 0 Å². The van der Waals surface area contributed by atoms with Crippen LogP contribution >= 0.6 is 0 Å². The Morgan fingerprint density at radius 3 is 2.05 bits per heavy atom. The van der Waals surface area contributed by atoms with Gasteiger partial charge in [0.2, 0.25) is 5.78 Å². The summed E-state index contributed by atoms with van der Waals surface area (Å²) in [5.74, 6) is -0.738. The first-order valence-electron chi connectivity index (χ1n) is 6.24. The molecule has 3 rings (SSSR count). The molecule has 0 aromatic heterocycles. The third-order valence-electron chi connectivity index (χ3n) is 3.37. The van der Waals surface area contributed by atoms with Crippen LogP contribution in [0.2, 0.25) is 0 Å². The second kappa shape index (κ2) is 4.69. The van der Waals surface area contributed by atoms with E-state index in [2.05, 4.69) is 0 Å². The van der Waals surface area contributed by atoms with Gasteiger partial charge in [-0.15, -0.1) is 0 Å². The summed E-state index contributed by atoms with van der Waals surface area (Å²) in [4.78, 5) is 25.4. The van der Waals surface area contributed by atoms with Crippen molar-refractivity contribution in [2.24, 2.45) is 0 Å². The maximum atomic E-state index is 12.1. The number of hydrogen-bond donors (Lipinski definition) is 0. The predicted octanol–water partition coefficient (Wildman–Crippen LogP) is 2.73. The van der Waals surface area contributed by atoms with E-state index in [0.29, 0.717) is 0 Å². The van der Waals surface area contributed by atoms with E-state index in [1.165, 1.54) is 0 Å². The Hall–Kier alpha value is -2.42. The Labute approximate surface area is 111 Å². The van der Waals surface area contributed by atoms with Gasteiger partial charge in [-0.25, -0.2) is 0 Å². The molecule has 1 heterocycles. The van der Waals surface area contributed by atoms with Crippen molar-refractivity contribution in [2.45, 2.75) is 12.5 Å². The summed E-state index contributed by atoms with van der Waals surface area (Å²) < 4.78 is 0. The molecule has 1 aliphatic rings. The second-order valence-corrected chi connectivity index (χ2v) is 4.56. The largest absolute Gasteiger partial charge is 0.298 e. The van der Waals surface area contributed by atoms with Gasteiger partial charge in [-0.1, -0.05) is 48.5 Å². The lowest BCUT2D eigenvalue weighted by molar-refractivity contribution is -0.133. The van der Waals surface area contributed by atoms with E-state index < -0.39 is 5.91 Å². The Morgan fingerprint density at radius 2 is 1.42 bits per heavy atom. The van der Waals surface area contributed by atoms with E-state index in [4.69, 9.17) is 0 Å². The topological polar surface area (TPSA) is 37.4 Å². The lowest BCUT2D eigenvalue weighted by atomic mass is 10.0. The van der Waals surface area contributed by atoms with Gasteiger partial charge in [0.05, 0.1) is 6.04 Å². The third-order valence-corrected chi connectivity index (χ3v) is 3.37. The van der Waals surface area contributed by atoms with Gasteiger partial charge in [0.25, 0.3) is 5.91 Å². The number of benzene rings is 2. The van der Waals surface area contributed by atoms with Crippen LogP contribution in [0.5, 0.6) is 0 Å². The summed E-state index contributed by atoms with van der Waals surface area (Å²) in [6, 6.07) is 18.8. The molecule has 2 aromatic rings. The highest BCUT2D eigenvalue weighted by atomic mass is 16.2. The second-order valence-electron chi connectivity index (χ2n) is 4.56. The molecule has 0 radical (unpaired) electrons. The van der Waals surface area contributed by atoms with Crippen LogP contribution in [0.1, 0.15) is 18.0 Å². The highest BCUT2D eigenvalue weighted by Crippen LogP contribution is 2.35. The van der Waals surface area contributed by atoms with E-state index in [1.54, 1.807) is 4.90 Å². The predicted molar refractivity (Wildman–Crippen MR) is 72.7 cm³/mol. The minimum atomic E-state index is -0.417. The quantitative estimate of drug-likeness (QED) is 0.770. The molecule has 1 amide bonds. The minimum Gasteiger partial charge on any atom is -0.298 e. The maximum absolute atomic E-state index is 12.1. The van der Waals surface area contributed by atoms with E-state index >= 15 is 0 Å². The molecule has 19 heavy (non-hydrogen) atoms. The normalized spacial score (nSPS) is 18.9. The molecule has 1 saturated heterocycles. The summed E-state index contributed by atoms with van der Waals surface area (Å²) in [5, 5.41) is 0. The fourth-order valence-electron chi connectivity index (χ4n) is 2.46. The third kappa shape index (κ3) is 2.03. The zero-order chi connectivity index (χ0) is 13.2. The molecular weight excluding hydrogens is 238 g/mol. The van der Waals surface area contributed by atoms with Crippen molar-refractivity contribution in [1.29, 1.82) is 0 Å². The monoisotopic (exact) mass is 251 g/mol. The standard InChI is InChI=1S/C16H13NO2/c18-15-11-14(12-7-3-1-4-8-12)17(16(15)19)13-9-5-2-6-10-13/h1-10,14H,11H2/t14-/m1/s1. The Balaban J connectivity index is 2.04. The number of carbonyl (C=O) groups excluding carboxylic acids is 2. The lowest BCUT2D eigenvalue weighted by Crippen LogP contribution is -2.29. The molecule has 0 N–H and O–H groups in total. The van der Waals surface area contributed by atoms with Crippen LogP contribution in [-0.4, -0.2) is 11.7 Å². The molecule has 2 aromatic carbocycles. The van der Waals surface area contributed by atoms with Gasteiger partial charge >= 0.3 is 0 Å². The van der Waals surface area contributed by atoms with Crippen LogP contribution < -0.4 is 4.90 Å². The van der Waals surface area contributed by atoms with Gasteiger partial charge < -0.3 is 0 Å². The van der Waals surface area contributed by atoms with Crippen molar-refractivity contribution in [3.05, 3.63) is 66.2 Å². The number of rotatable bonds is 2. The number of para-hydroxylation sites is 1. The number of Topliss-reactive ketones (excluding diaryl/α,β-unsaturated/α-hetero) is 1. The van der Waals surface area contributed by atoms with Gasteiger partial charge in [0, 0.05) is 12.1 Å². The fraction of sp³-hybridized carbons (Fsp3) is 0.125. The first-order valence-corrected chi connectivity index (χ1v) is 6.24. The lowest BCUT2D eigenvalue weighted by Gasteiger charge is -2.24. The molecule has 94 valence electrons. The number of carbonyl (C=O) groups is 2. The van der Waals surface area contributed by atoms with Crippen molar-refractivity contribution >= 4 is 17.4 Å². The number of amides is 1. The summed E-state index contributed by atoms with van der Waals surface area (Å²) >= 11 is 0. The highest BCUT2D eigenvalue weighted by Gasteiger charge is 2.39. The molecule has 0 bridgehead atoms.